The Bertz CT molecular complexity index is 305. The molecule has 0 aliphatic rings. The van der Waals surface area contributed by atoms with Crippen LogP contribution in [0.25, 0.3) is 5.57 Å². The number of alkyl halides is 1. The van der Waals surface area contributed by atoms with Crippen molar-refractivity contribution in [3.63, 3.8) is 0 Å². The van der Waals surface area contributed by atoms with Crippen molar-refractivity contribution >= 4 is 33.1 Å². The van der Waals surface area contributed by atoms with Crippen molar-refractivity contribution in [3.8, 4) is 0 Å². The van der Waals surface area contributed by atoms with E-state index < -0.39 is 0 Å². The summed E-state index contributed by atoms with van der Waals surface area (Å²) in [7, 11) is 0. The molecule has 0 saturated carbocycles. The van der Waals surface area contributed by atoms with E-state index >= 15 is 0 Å². The van der Waals surface area contributed by atoms with Gasteiger partial charge in [-0.15, -0.1) is 11.6 Å². The zero-order chi connectivity index (χ0) is 9.14. The van der Waals surface area contributed by atoms with Crippen molar-refractivity contribution in [2.24, 2.45) is 0 Å². The highest BCUT2D eigenvalue weighted by Gasteiger charge is 2.03. The van der Waals surface area contributed by atoms with E-state index in [0.29, 0.717) is 5.88 Å². The number of allylic oxidation sites excluding steroid dienone is 1. The molecular formula is C10H10BrCl. The Labute approximate surface area is 86.4 Å². The molecule has 0 unspecified atom stereocenters. The number of hydrogen-bond donors (Lipinski definition) is 0. The van der Waals surface area contributed by atoms with E-state index in [2.05, 4.69) is 29.4 Å². The first kappa shape index (κ1) is 9.82. The number of benzene rings is 1. The summed E-state index contributed by atoms with van der Waals surface area (Å²) in [5.41, 5.74) is 3.30. The van der Waals surface area contributed by atoms with Gasteiger partial charge in [0.15, 0.2) is 0 Å². The first-order valence-electron chi connectivity index (χ1n) is 3.66. The van der Waals surface area contributed by atoms with Gasteiger partial charge in [-0.2, -0.15) is 0 Å². The molecule has 2 heteroatoms. The molecule has 0 aliphatic heterocycles. The minimum Gasteiger partial charge on any atom is -0.122 e. The topological polar surface area (TPSA) is 0 Å². The van der Waals surface area contributed by atoms with Crippen LogP contribution in [0.5, 0.6) is 0 Å². The van der Waals surface area contributed by atoms with Gasteiger partial charge in [-0.25, -0.2) is 0 Å². The summed E-state index contributed by atoms with van der Waals surface area (Å²) in [6, 6.07) is 6.04. The molecule has 0 heterocycles. The minimum atomic E-state index is 0.483. The Hall–Kier alpha value is -0.270. The number of halogens is 2. The van der Waals surface area contributed by atoms with Crippen LogP contribution in [0.3, 0.4) is 0 Å². The Morgan fingerprint density at radius 3 is 2.83 bits per heavy atom. The molecule has 64 valence electrons. The minimum absolute atomic E-state index is 0.483. The molecule has 0 amide bonds. The summed E-state index contributed by atoms with van der Waals surface area (Å²) in [6.45, 7) is 5.95. The smallest absolute Gasteiger partial charge is 0.0474 e. The summed E-state index contributed by atoms with van der Waals surface area (Å²) in [6.07, 6.45) is 0. The van der Waals surface area contributed by atoms with Gasteiger partial charge in [0.25, 0.3) is 0 Å². The van der Waals surface area contributed by atoms with Gasteiger partial charge in [-0.05, 0) is 29.7 Å². The van der Waals surface area contributed by atoms with Crippen LogP contribution < -0.4 is 0 Å². The molecule has 0 fully saturated rings. The summed E-state index contributed by atoms with van der Waals surface area (Å²) < 4.78 is 1.10. The fraction of sp³-hybridized carbons (Fsp3) is 0.200. The van der Waals surface area contributed by atoms with Gasteiger partial charge in [-0.1, -0.05) is 34.6 Å². The number of hydrogen-bond acceptors (Lipinski definition) is 0. The summed E-state index contributed by atoms with van der Waals surface area (Å²) in [5.74, 6) is 0.483. The van der Waals surface area contributed by atoms with Gasteiger partial charge >= 0.3 is 0 Å². The average Bonchev–Trinajstić information content (AvgIpc) is 2.08. The number of rotatable bonds is 2. The first-order chi connectivity index (χ1) is 5.66. The lowest BCUT2D eigenvalue weighted by atomic mass is 10.0. The third-order valence-electron chi connectivity index (χ3n) is 1.81. The van der Waals surface area contributed by atoms with Crippen LogP contribution in [-0.2, 0) is 0 Å². The molecule has 12 heavy (non-hydrogen) atoms. The maximum atomic E-state index is 5.70. The largest absolute Gasteiger partial charge is 0.122 e. The molecule has 0 radical (unpaired) electrons. The lowest BCUT2D eigenvalue weighted by Crippen LogP contribution is -1.89. The van der Waals surface area contributed by atoms with Gasteiger partial charge in [-0.3, -0.25) is 0 Å². The van der Waals surface area contributed by atoms with Crippen LogP contribution >= 0.6 is 27.5 Å². The van der Waals surface area contributed by atoms with E-state index in [9.17, 15) is 0 Å². The van der Waals surface area contributed by atoms with Crippen molar-refractivity contribution in [2.45, 2.75) is 6.92 Å². The molecule has 1 aromatic rings. The normalized spacial score (nSPS) is 9.92. The van der Waals surface area contributed by atoms with E-state index in [1.54, 1.807) is 0 Å². The van der Waals surface area contributed by atoms with Crippen LogP contribution in [0.4, 0.5) is 0 Å². The second-order valence-corrected chi connectivity index (χ2v) is 3.77. The molecule has 0 aliphatic carbocycles. The highest BCUT2D eigenvalue weighted by atomic mass is 79.9. The van der Waals surface area contributed by atoms with Crippen molar-refractivity contribution < 1.29 is 0 Å². The van der Waals surface area contributed by atoms with Crippen LogP contribution in [0, 0.1) is 6.92 Å². The monoisotopic (exact) mass is 244 g/mol. The van der Waals surface area contributed by atoms with Crippen molar-refractivity contribution in [3.05, 3.63) is 40.4 Å². The van der Waals surface area contributed by atoms with E-state index in [-0.39, 0.29) is 0 Å². The second kappa shape index (κ2) is 4.11. The molecule has 0 aromatic heterocycles. The SMILES string of the molecule is C=C(CCl)c1cccc(Br)c1C. The fourth-order valence-corrected chi connectivity index (χ4v) is 1.57. The van der Waals surface area contributed by atoms with Crippen LogP contribution in [0.1, 0.15) is 11.1 Å². The maximum absolute atomic E-state index is 5.70. The third-order valence-corrected chi connectivity index (χ3v) is 2.99. The summed E-state index contributed by atoms with van der Waals surface area (Å²) in [5, 5.41) is 0. The van der Waals surface area contributed by atoms with Gasteiger partial charge < -0.3 is 0 Å². The molecule has 1 aromatic carbocycles. The third kappa shape index (κ3) is 1.90. The molecule has 0 atom stereocenters. The van der Waals surface area contributed by atoms with Crippen molar-refractivity contribution in [1.82, 2.24) is 0 Å². The molecule has 0 nitrogen and oxygen atoms in total. The van der Waals surface area contributed by atoms with E-state index in [4.69, 9.17) is 11.6 Å². The Kier molecular flexibility index (Phi) is 3.36. The molecule has 0 saturated heterocycles. The predicted octanol–water partition coefficient (Wildman–Crippen LogP) is 4.01. The average molecular weight is 246 g/mol. The Morgan fingerprint density at radius 2 is 2.25 bits per heavy atom. The lowest BCUT2D eigenvalue weighted by Gasteiger charge is -2.07. The quantitative estimate of drug-likeness (QED) is 0.691. The zero-order valence-corrected chi connectivity index (χ0v) is 9.24. The maximum Gasteiger partial charge on any atom is 0.0474 e. The highest BCUT2D eigenvalue weighted by Crippen LogP contribution is 2.24. The lowest BCUT2D eigenvalue weighted by molar-refractivity contribution is 1.38. The highest BCUT2D eigenvalue weighted by molar-refractivity contribution is 9.10. The van der Waals surface area contributed by atoms with Gasteiger partial charge in [0.05, 0.1) is 0 Å². The van der Waals surface area contributed by atoms with Gasteiger partial charge in [0.1, 0.15) is 0 Å². The van der Waals surface area contributed by atoms with Crippen LogP contribution in [0.2, 0.25) is 0 Å². The molecule has 0 bridgehead atoms. The second-order valence-electron chi connectivity index (χ2n) is 2.65. The van der Waals surface area contributed by atoms with Gasteiger partial charge in [0.2, 0.25) is 0 Å². The molecule has 1 rings (SSSR count). The summed E-state index contributed by atoms with van der Waals surface area (Å²) >= 11 is 9.16. The first-order valence-corrected chi connectivity index (χ1v) is 4.98. The standard InChI is InChI=1S/C10H10BrCl/c1-7(6-12)9-4-3-5-10(11)8(9)2/h3-5H,1,6H2,2H3. The molecular weight excluding hydrogens is 235 g/mol. The van der Waals surface area contributed by atoms with Crippen LogP contribution in [0.15, 0.2) is 29.3 Å². The summed E-state index contributed by atoms with van der Waals surface area (Å²) in [4.78, 5) is 0. The Morgan fingerprint density at radius 1 is 1.58 bits per heavy atom. The van der Waals surface area contributed by atoms with Crippen molar-refractivity contribution in [1.29, 1.82) is 0 Å². The van der Waals surface area contributed by atoms with Crippen LogP contribution in [-0.4, -0.2) is 5.88 Å². The van der Waals surface area contributed by atoms with Gasteiger partial charge in [0, 0.05) is 10.4 Å². The van der Waals surface area contributed by atoms with E-state index in [0.717, 1.165) is 15.6 Å². The molecule has 0 spiro atoms. The fourth-order valence-electron chi connectivity index (χ4n) is 1.06. The van der Waals surface area contributed by atoms with Crippen molar-refractivity contribution in [2.75, 3.05) is 5.88 Å². The van der Waals surface area contributed by atoms with E-state index in [1.807, 2.05) is 18.2 Å². The predicted molar refractivity (Wildman–Crippen MR) is 58.6 cm³/mol. The Balaban J connectivity index is 3.16. The van der Waals surface area contributed by atoms with E-state index in [1.165, 1.54) is 5.56 Å². The zero-order valence-electron chi connectivity index (χ0n) is 6.90. The molecule has 0 N–H and O–H groups in total.